The third-order valence-corrected chi connectivity index (χ3v) is 2.10. The topological polar surface area (TPSA) is 3.24 Å². The van der Waals surface area contributed by atoms with Crippen molar-refractivity contribution in [3.63, 3.8) is 0 Å². The second kappa shape index (κ2) is 5.87. The number of hydrogen-bond acceptors (Lipinski definition) is 1. The molecule has 1 heterocycles. The van der Waals surface area contributed by atoms with Crippen LogP contribution in [-0.4, -0.2) is 18.0 Å². The fourth-order valence-corrected chi connectivity index (χ4v) is 1.34. The van der Waals surface area contributed by atoms with Gasteiger partial charge in [0.05, 0.1) is 6.20 Å². The van der Waals surface area contributed by atoms with Crippen molar-refractivity contribution in [3.05, 3.63) is 24.4 Å². The van der Waals surface area contributed by atoms with Crippen molar-refractivity contribution in [2.45, 2.75) is 32.6 Å². The Hall–Kier alpha value is -0.720. The van der Waals surface area contributed by atoms with E-state index in [-0.39, 0.29) is 0 Å². The van der Waals surface area contributed by atoms with Gasteiger partial charge in [0.1, 0.15) is 0 Å². The number of allylic oxidation sites excluding steroid dienone is 2. The lowest BCUT2D eigenvalue weighted by Gasteiger charge is -2.18. The van der Waals surface area contributed by atoms with Gasteiger partial charge in [-0.25, -0.2) is 0 Å². The van der Waals surface area contributed by atoms with Crippen LogP contribution in [0, 0.1) is 6.20 Å². The molecular weight excluding hydrogens is 146 g/mol. The highest BCUT2D eigenvalue weighted by molar-refractivity contribution is 5.04. The zero-order valence-electron chi connectivity index (χ0n) is 7.92. The first-order valence-corrected chi connectivity index (χ1v) is 4.93. The molecule has 0 unspecified atom stereocenters. The molecule has 0 aliphatic carbocycles. The summed E-state index contributed by atoms with van der Waals surface area (Å²) >= 11 is 0. The first-order valence-electron chi connectivity index (χ1n) is 4.93. The van der Waals surface area contributed by atoms with Gasteiger partial charge in [-0.2, -0.15) is 0 Å². The average Bonchev–Trinajstić information content (AvgIpc) is 2.14. The van der Waals surface area contributed by atoms with Gasteiger partial charge in [0.2, 0.25) is 0 Å². The molecular formula is C11H18N. The molecule has 1 nitrogen and oxygen atoms in total. The third-order valence-electron chi connectivity index (χ3n) is 2.10. The number of rotatable bonds is 5. The maximum atomic E-state index is 3.22. The second-order valence-corrected chi connectivity index (χ2v) is 3.23. The van der Waals surface area contributed by atoms with Crippen molar-refractivity contribution in [1.29, 1.82) is 0 Å². The second-order valence-electron chi connectivity index (χ2n) is 3.23. The monoisotopic (exact) mass is 164 g/mol. The number of unbranched alkanes of at least 4 members (excludes halogenated alkanes) is 3. The maximum Gasteiger partial charge on any atom is 0.0606 e. The average molecular weight is 164 g/mol. The van der Waals surface area contributed by atoms with Gasteiger partial charge in [0.15, 0.2) is 0 Å². The van der Waals surface area contributed by atoms with Crippen LogP contribution in [0.15, 0.2) is 18.2 Å². The Morgan fingerprint density at radius 3 is 2.92 bits per heavy atom. The highest BCUT2D eigenvalue weighted by atomic mass is 15.1. The van der Waals surface area contributed by atoms with Gasteiger partial charge in [0.25, 0.3) is 0 Å². The van der Waals surface area contributed by atoms with Gasteiger partial charge >= 0.3 is 0 Å². The van der Waals surface area contributed by atoms with Crippen molar-refractivity contribution in [3.8, 4) is 0 Å². The van der Waals surface area contributed by atoms with Gasteiger partial charge in [-0.05, 0) is 12.5 Å². The highest BCUT2D eigenvalue weighted by Crippen LogP contribution is 2.03. The molecule has 1 heteroatoms. The molecule has 0 saturated carbocycles. The van der Waals surface area contributed by atoms with Crippen LogP contribution < -0.4 is 0 Å². The van der Waals surface area contributed by atoms with Crippen LogP contribution in [0.25, 0.3) is 0 Å². The lowest BCUT2D eigenvalue weighted by molar-refractivity contribution is 0.377. The van der Waals surface area contributed by atoms with E-state index in [0.717, 1.165) is 6.54 Å². The van der Waals surface area contributed by atoms with Crippen molar-refractivity contribution in [2.24, 2.45) is 0 Å². The van der Waals surface area contributed by atoms with Crippen LogP contribution >= 0.6 is 0 Å². The molecule has 0 aromatic carbocycles. The molecule has 1 radical (unpaired) electrons. The van der Waals surface area contributed by atoms with Crippen LogP contribution in [0.3, 0.4) is 0 Å². The lowest BCUT2D eigenvalue weighted by atomic mass is 10.2. The van der Waals surface area contributed by atoms with Crippen molar-refractivity contribution < 1.29 is 0 Å². The Labute approximate surface area is 75.8 Å². The molecule has 1 aliphatic rings. The molecule has 0 fully saturated rings. The number of nitrogens with zero attached hydrogens (tertiary/aromatic N) is 1. The maximum absolute atomic E-state index is 3.22. The predicted molar refractivity (Wildman–Crippen MR) is 52.7 cm³/mol. The Morgan fingerprint density at radius 2 is 2.25 bits per heavy atom. The zero-order chi connectivity index (χ0) is 8.65. The summed E-state index contributed by atoms with van der Waals surface area (Å²) in [7, 11) is 0. The molecule has 0 amide bonds. The summed E-state index contributed by atoms with van der Waals surface area (Å²) in [6.07, 6.45) is 14.8. The van der Waals surface area contributed by atoms with Gasteiger partial charge in [-0.1, -0.05) is 38.3 Å². The van der Waals surface area contributed by atoms with E-state index in [9.17, 15) is 0 Å². The summed E-state index contributed by atoms with van der Waals surface area (Å²) in [5.74, 6) is 0. The highest BCUT2D eigenvalue weighted by Gasteiger charge is 1.98. The summed E-state index contributed by atoms with van der Waals surface area (Å²) in [6.45, 7) is 4.46. The Kier molecular flexibility index (Phi) is 4.58. The molecule has 1 rings (SSSR count). The molecule has 0 bridgehead atoms. The summed E-state index contributed by atoms with van der Waals surface area (Å²) in [6, 6.07) is 0. The van der Waals surface area contributed by atoms with E-state index < -0.39 is 0 Å². The quantitative estimate of drug-likeness (QED) is 0.565. The minimum atomic E-state index is 1.04. The lowest BCUT2D eigenvalue weighted by Crippen LogP contribution is -2.20. The molecule has 0 N–H and O–H groups in total. The zero-order valence-corrected chi connectivity index (χ0v) is 7.92. The molecule has 0 atom stereocenters. The third kappa shape index (κ3) is 3.61. The van der Waals surface area contributed by atoms with Crippen LogP contribution in [0.1, 0.15) is 32.6 Å². The fourth-order valence-electron chi connectivity index (χ4n) is 1.34. The standard InChI is InChI=1S/C11H18N/c1-2-3-4-6-9-12-10-7-5-8-11-12/h5,7-8H,2-4,6,9-10H2,1H3. The fraction of sp³-hybridized carbons (Fsp3) is 0.636. The molecule has 67 valence electrons. The largest absolute Gasteiger partial charge is 0.366 e. The minimum absolute atomic E-state index is 1.04. The Balaban J connectivity index is 2.00. The normalized spacial score (nSPS) is 15.6. The van der Waals surface area contributed by atoms with E-state index in [1.807, 2.05) is 6.08 Å². The van der Waals surface area contributed by atoms with Crippen LogP contribution in [0.4, 0.5) is 0 Å². The van der Waals surface area contributed by atoms with Crippen LogP contribution in [0.5, 0.6) is 0 Å². The van der Waals surface area contributed by atoms with Crippen molar-refractivity contribution in [1.82, 2.24) is 4.90 Å². The van der Waals surface area contributed by atoms with E-state index in [2.05, 4.69) is 30.2 Å². The molecule has 12 heavy (non-hydrogen) atoms. The van der Waals surface area contributed by atoms with Crippen LogP contribution in [0.2, 0.25) is 0 Å². The van der Waals surface area contributed by atoms with E-state index in [1.54, 1.807) is 0 Å². The summed E-state index contributed by atoms with van der Waals surface area (Å²) in [5.41, 5.74) is 0. The van der Waals surface area contributed by atoms with Crippen molar-refractivity contribution in [2.75, 3.05) is 13.1 Å². The van der Waals surface area contributed by atoms with E-state index in [1.165, 1.54) is 32.2 Å². The summed E-state index contributed by atoms with van der Waals surface area (Å²) in [4.78, 5) is 2.25. The van der Waals surface area contributed by atoms with Gasteiger partial charge < -0.3 is 4.90 Å². The predicted octanol–water partition coefficient (Wildman–Crippen LogP) is 2.76. The van der Waals surface area contributed by atoms with Gasteiger partial charge in [-0.3, -0.25) is 0 Å². The van der Waals surface area contributed by atoms with Gasteiger partial charge in [0, 0.05) is 13.1 Å². The minimum Gasteiger partial charge on any atom is -0.366 e. The molecule has 0 aromatic rings. The van der Waals surface area contributed by atoms with Crippen molar-refractivity contribution >= 4 is 0 Å². The Bertz CT molecular complexity index is 158. The molecule has 0 saturated heterocycles. The first-order chi connectivity index (χ1) is 5.93. The Morgan fingerprint density at radius 1 is 1.33 bits per heavy atom. The molecule has 1 aliphatic heterocycles. The van der Waals surface area contributed by atoms with E-state index >= 15 is 0 Å². The van der Waals surface area contributed by atoms with Gasteiger partial charge in [-0.15, -0.1) is 0 Å². The molecule has 0 spiro atoms. The first kappa shape index (κ1) is 9.37. The van der Waals surface area contributed by atoms with E-state index in [0.29, 0.717) is 0 Å². The SMILES string of the molecule is CCCCCCN1[C]=CC=CC1. The molecule has 0 aromatic heterocycles. The smallest absolute Gasteiger partial charge is 0.0606 e. The number of hydrogen-bond donors (Lipinski definition) is 0. The summed E-state index contributed by atoms with van der Waals surface area (Å²) in [5, 5.41) is 0. The van der Waals surface area contributed by atoms with E-state index in [4.69, 9.17) is 0 Å². The summed E-state index contributed by atoms with van der Waals surface area (Å²) < 4.78 is 0. The van der Waals surface area contributed by atoms with Crippen LogP contribution in [-0.2, 0) is 0 Å².